The van der Waals surface area contributed by atoms with Gasteiger partial charge in [0.1, 0.15) is 18.0 Å². The van der Waals surface area contributed by atoms with Gasteiger partial charge in [-0.15, -0.1) is 0 Å². The molecule has 2 N–H and O–H groups in total. The molecule has 0 atom stereocenters. The maximum atomic E-state index is 12.8. The second kappa shape index (κ2) is 12.2. The predicted molar refractivity (Wildman–Crippen MR) is 147 cm³/mol. The lowest BCUT2D eigenvalue weighted by molar-refractivity contribution is -0.138. The van der Waals surface area contributed by atoms with Gasteiger partial charge in [-0.3, -0.25) is 19.3 Å². The Kier molecular flexibility index (Phi) is 8.32. The summed E-state index contributed by atoms with van der Waals surface area (Å²) in [4.78, 5) is 31.7. The van der Waals surface area contributed by atoms with E-state index in [2.05, 4.69) is 26.5 Å². The summed E-state index contributed by atoms with van der Waals surface area (Å²) in [5.74, 6) is -0.679. The summed E-state index contributed by atoms with van der Waals surface area (Å²) in [5, 5.41) is 16.1. The van der Waals surface area contributed by atoms with Crippen molar-refractivity contribution in [3.63, 3.8) is 0 Å². The highest BCUT2D eigenvalue weighted by molar-refractivity contribution is 5.94. The molecule has 0 unspecified atom stereocenters. The number of alkyl halides is 3. The maximum Gasteiger partial charge on any atom is 0.417 e. The minimum Gasteiger partial charge on any atom is -0.480 e. The third kappa shape index (κ3) is 7.39. The first-order valence-electron chi connectivity index (χ1n) is 13.2. The first-order valence-corrected chi connectivity index (χ1v) is 13.2. The number of allylic oxidation sites excluding steroid dienone is 1. The number of ether oxygens (including phenoxy) is 1. The van der Waals surface area contributed by atoms with Crippen LogP contribution in [0.25, 0.3) is 17.5 Å². The van der Waals surface area contributed by atoms with Crippen LogP contribution in [0, 0.1) is 0 Å². The van der Waals surface area contributed by atoms with Crippen molar-refractivity contribution < 1.29 is 32.6 Å². The lowest BCUT2D eigenvalue weighted by Crippen LogP contribution is -2.36. The van der Waals surface area contributed by atoms with Crippen molar-refractivity contribution in [1.82, 2.24) is 25.1 Å². The van der Waals surface area contributed by atoms with Crippen LogP contribution < -0.4 is 10.1 Å². The van der Waals surface area contributed by atoms with E-state index in [1.54, 1.807) is 42.6 Å². The molecule has 216 valence electrons. The molecule has 0 spiro atoms. The minimum atomic E-state index is -4.46. The van der Waals surface area contributed by atoms with Crippen LogP contribution in [-0.2, 0) is 17.5 Å². The topological polar surface area (TPSA) is 119 Å². The fraction of sp³-hybridized carbons (Fsp3) is 0.233. The van der Waals surface area contributed by atoms with Gasteiger partial charge in [-0.1, -0.05) is 23.8 Å². The van der Waals surface area contributed by atoms with Crippen LogP contribution in [0.2, 0.25) is 0 Å². The quantitative estimate of drug-likeness (QED) is 0.264. The number of rotatable bonds is 8. The third-order valence-corrected chi connectivity index (χ3v) is 6.70. The van der Waals surface area contributed by atoms with Crippen LogP contribution in [0.4, 0.5) is 13.2 Å². The van der Waals surface area contributed by atoms with E-state index in [0.717, 1.165) is 43.5 Å². The minimum absolute atomic E-state index is 0.0152. The number of nitrogens with zero attached hydrogens (tertiary/aromatic N) is 4. The Hall–Kier alpha value is -5.00. The molecule has 42 heavy (non-hydrogen) atoms. The molecule has 1 saturated carbocycles. The van der Waals surface area contributed by atoms with Crippen molar-refractivity contribution >= 4 is 18.0 Å². The molecule has 3 heterocycles. The molecule has 3 aromatic heterocycles. The molecule has 1 aliphatic rings. The summed E-state index contributed by atoms with van der Waals surface area (Å²) in [6.07, 6.45) is 4.52. The molecule has 1 aromatic carbocycles. The number of carboxylic acids is 1. The molecule has 12 heteroatoms. The second-order valence-electron chi connectivity index (χ2n) is 9.83. The van der Waals surface area contributed by atoms with Gasteiger partial charge in [-0.2, -0.15) is 18.3 Å². The Morgan fingerprint density at radius 1 is 1.02 bits per heavy atom. The van der Waals surface area contributed by atoms with Crippen LogP contribution in [0.1, 0.15) is 47.2 Å². The first-order chi connectivity index (χ1) is 20.1. The second-order valence-corrected chi connectivity index (χ2v) is 9.83. The van der Waals surface area contributed by atoms with E-state index < -0.39 is 17.7 Å². The fourth-order valence-corrected chi connectivity index (χ4v) is 4.58. The number of hydrogen-bond acceptors (Lipinski definition) is 6. The van der Waals surface area contributed by atoms with E-state index in [1.807, 2.05) is 6.07 Å². The number of amides is 1. The molecule has 0 radical (unpaired) electrons. The van der Waals surface area contributed by atoms with Crippen molar-refractivity contribution in [3.8, 4) is 23.0 Å². The van der Waals surface area contributed by atoms with Gasteiger partial charge in [0, 0.05) is 30.7 Å². The highest BCUT2D eigenvalue weighted by Gasteiger charge is 2.30. The molecular weight excluding hydrogens is 551 g/mol. The molecule has 1 aliphatic carbocycles. The lowest BCUT2D eigenvalue weighted by Gasteiger charge is -2.25. The smallest absolute Gasteiger partial charge is 0.417 e. The summed E-state index contributed by atoms with van der Waals surface area (Å²) in [7, 11) is 0. The summed E-state index contributed by atoms with van der Waals surface area (Å²) < 4.78 is 45.2. The van der Waals surface area contributed by atoms with E-state index in [-0.39, 0.29) is 24.4 Å². The Morgan fingerprint density at radius 3 is 2.50 bits per heavy atom. The maximum absolute atomic E-state index is 12.8. The van der Waals surface area contributed by atoms with Crippen LogP contribution >= 0.6 is 0 Å². The molecule has 4 aromatic rings. The number of carbonyl (C=O) groups excluding carboxylic acids is 1. The average molecular weight is 578 g/mol. The number of carbonyl (C=O) groups is 2. The highest BCUT2D eigenvalue weighted by Crippen LogP contribution is 2.31. The van der Waals surface area contributed by atoms with Crippen LogP contribution in [0.3, 0.4) is 0 Å². The fourth-order valence-electron chi connectivity index (χ4n) is 4.58. The molecule has 1 amide bonds. The summed E-state index contributed by atoms with van der Waals surface area (Å²) >= 11 is 0. The number of nitrogens with one attached hydrogen (secondary N) is 1. The zero-order chi connectivity index (χ0) is 29.7. The van der Waals surface area contributed by atoms with Crippen LogP contribution in [0.5, 0.6) is 11.6 Å². The Labute approximate surface area is 238 Å². The molecule has 1 fully saturated rings. The average Bonchev–Trinajstić information content (AvgIpc) is 3.42. The van der Waals surface area contributed by atoms with Crippen molar-refractivity contribution in [2.75, 3.05) is 0 Å². The molecular formula is C30H26F3N5O4. The number of pyridine rings is 2. The van der Waals surface area contributed by atoms with Gasteiger partial charge < -0.3 is 15.2 Å². The third-order valence-electron chi connectivity index (χ3n) is 6.70. The lowest BCUT2D eigenvalue weighted by atomic mass is 9.89. The van der Waals surface area contributed by atoms with E-state index in [1.165, 1.54) is 22.5 Å². The zero-order valence-corrected chi connectivity index (χ0v) is 22.2. The number of aromatic nitrogens is 4. The van der Waals surface area contributed by atoms with Gasteiger partial charge in [0.25, 0.3) is 5.91 Å². The van der Waals surface area contributed by atoms with Gasteiger partial charge in [-0.05, 0) is 67.6 Å². The highest BCUT2D eigenvalue weighted by atomic mass is 19.4. The monoisotopic (exact) mass is 577 g/mol. The molecule has 5 rings (SSSR count). The molecule has 0 bridgehead atoms. The number of halogens is 3. The predicted octanol–water partition coefficient (Wildman–Crippen LogP) is 5.99. The van der Waals surface area contributed by atoms with Crippen molar-refractivity contribution in [1.29, 1.82) is 0 Å². The largest absolute Gasteiger partial charge is 0.480 e. The Morgan fingerprint density at radius 2 is 1.83 bits per heavy atom. The van der Waals surface area contributed by atoms with Gasteiger partial charge in [0.05, 0.1) is 16.8 Å². The summed E-state index contributed by atoms with van der Waals surface area (Å²) in [6.45, 7) is -0.247. The van der Waals surface area contributed by atoms with Crippen molar-refractivity contribution in [3.05, 3.63) is 95.5 Å². The summed E-state index contributed by atoms with van der Waals surface area (Å²) in [6, 6.07) is 14.4. The van der Waals surface area contributed by atoms with Gasteiger partial charge in [0.15, 0.2) is 0 Å². The van der Waals surface area contributed by atoms with Gasteiger partial charge in [0.2, 0.25) is 5.88 Å². The molecule has 0 aliphatic heterocycles. The number of benzene rings is 1. The van der Waals surface area contributed by atoms with Crippen molar-refractivity contribution in [2.24, 2.45) is 0 Å². The summed E-state index contributed by atoms with van der Waals surface area (Å²) in [5.41, 5.74) is 2.75. The first kappa shape index (κ1) is 28.5. The van der Waals surface area contributed by atoms with Gasteiger partial charge in [-0.25, -0.2) is 4.98 Å². The Balaban J connectivity index is 1.13. The van der Waals surface area contributed by atoms with Crippen molar-refractivity contribution in [2.45, 2.75) is 44.4 Å². The normalized spacial score (nSPS) is 15.2. The zero-order valence-electron chi connectivity index (χ0n) is 22.2. The molecule has 9 nitrogen and oxygen atoms in total. The number of hydrogen-bond donors (Lipinski definition) is 2. The SMILES string of the molecule is O=C(O)Cn1ccc(-c2ccc(C(=O)NC3CCC(=Cc4cccc(Oc5ccc(C(F)(F)F)cn5)c4)CC3)cn2)n1. The van der Waals surface area contributed by atoms with E-state index in [4.69, 9.17) is 9.84 Å². The Bertz CT molecular complexity index is 1590. The van der Waals surface area contributed by atoms with Crippen LogP contribution in [-0.4, -0.2) is 42.8 Å². The number of carboxylic acid groups (broad SMARTS) is 1. The van der Waals surface area contributed by atoms with E-state index in [0.29, 0.717) is 22.7 Å². The van der Waals surface area contributed by atoms with E-state index in [9.17, 15) is 22.8 Å². The number of aliphatic carboxylic acids is 1. The van der Waals surface area contributed by atoms with Gasteiger partial charge >= 0.3 is 12.1 Å². The van der Waals surface area contributed by atoms with Crippen LogP contribution in [0.15, 0.2) is 78.8 Å². The standard InChI is InChI=1S/C30H26F3N5O4/c31-30(32,33)22-7-11-27(35-17-22)42-24-3-1-2-20(15-24)14-19-4-8-23(9-5-19)36-29(41)21-6-10-25(34-16-21)26-12-13-38(37-26)18-28(39)40/h1-3,6-7,10-17,23H,4-5,8-9,18H2,(H,36,41)(H,39,40). The molecule has 0 saturated heterocycles. The van der Waals surface area contributed by atoms with E-state index >= 15 is 0 Å².